The molecule has 1 heterocycles. The molecule has 4 rings (SSSR count). The van der Waals surface area contributed by atoms with Gasteiger partial charge in [0.1, 0.15) is 23.2 Å². The van der Waals surface area contributed by atoms with Crippen molar-refractivity contribution in [2.45, 2.75) is 6.92 Å². The Hall–Kier alpha value is -5.03. The van der Waals surface area contributed by atoms with E-state index in [2.05, 4.69) is 37.4 Å². The van der Waals surface area contributed by atoms with Crippen LogP contribution in [0.5, 0.6) is 5.75 Å². The summed E-state index contributed by atoms with van der Waals surface area (Å²) in [4.78, 5) is 25.5. The average Bonchev–Trinajstić information content (AvgIpc) is 2.98. The number of hydrogen-bond donors (Lipinski definition) is 3. The second-order valence-corrected chi connectivity index (χ2v) is 10.1. The Morgan fingerprint density at radius 2 is 1.74 bits per heavy atom. The summed E-state index contributed by atoms with van der Waals surface area (Å²) in [6, 6.07) is 14.4. The molecule has 0 saturated heterocycles. The number of rotatable bonds is 12. The van der Waals surface area contributed by atoms with E-state index in [9.17, 15) is 13.6 Å². The Labute approximate surface area is 250 Å². The number of aromatic nitrogens is 2. The monoisotopic (exact) mass is 587 g/mol. The minimum Gasteiger partial charge on any atom is -0.494 e. The van der Waals surface area contributed by atoms with Gasteiger partial charge in [0.15, 0.2) is 0 Å². The third kappa shape index (κ3) is 7.63. The smallest absolute Gasteiger partial charge is 0.247 e. The molecule has 0 unspecified atom stereocenters. The van der Waals surface area contributed by atoms with Crippen molar-refractivity contribution in [2.75, 3.05) is 62.2 Å². The van der Waals surface area contributed by atoms with E-state index in [0.717, 1.165) is 12.2 Å². The Morgan fingerprint density at radius 1 is 0.977 bits per heavy atom. The van der Waals surface area contributed by atoms with Crippen LogP contribution in [0.1, 0.15) is 5.56 Å². The van der Waals surface area contributed by atoms with Gasteiger partial charge in [0.25, 0.3) is 0 Å². The van der Waals surface area contributed by atoms with Gasteiger partial charge >= 0.3 is 0 Å². The van der Waals surface area contributed by atoms with Crippen molar-refractivity contribution in [3.05, 3.63) is 90.6 Å². The molecule has 1 aromatic heterocycles. The Kier molecular flexibility index (Phi) is 9.89. The summed E-state index contributed by atoms with van der Waals surface area (Å²) in [6.45, 7) is 6.71. The number of nitrogens with zero attached hydrogens (tertiary/aromatic N) is 4. The number of amides is 1. The van der Waals surface area contributed by atoms with Crippen molar-refractivity contribution in [3.63, 3.8) is 0 Å². The third-order valence-electron chi connectivity index (χ3n) is 6.69. The number of ether oxygens (including phenoxy) is 1. The number of likely N-dealkylation sites (N-methyl/N-ethyl adjacent to an activating group) is 2. The van der Waals surface area contributed by atoms with Gasteiger partial charge in [0, 0.05) is 38.0 Å². The second-order valence-electron chi connectivity index (χ2n) is 10.1. The van der Waals surface area contributed by atoms with Crippen LogP contribution in [0.4, 0.5) is 43.3 Å². The first-order chi connectivity index (χ1) is 20.6. The van der Waals surface area contributed by atoms with Gasteiger partial charge in [-0.25, -0.2) is 13.8 Å². The fraction of sp³-hybridized carbons (Fsp3) is 0.219. The highest BCUT2D eigenvalue weighted by atomic mass is 19.1. The van der Waals surface area contributed by atoms with E-state index < -0.39 is 5.82 Å². The molecule has 0 radical (unpaired) electrons. The Balaban J connectivity index is 1.77. The van der Waals surface area contributed by atoms with Crippen LogP contribution in [0.2, 0.25) is 0 Å². The molecule has 0 bridgehead atoms. The first-order valence-electron chi connectivity index (χ1n) is 13.5. The van der Waals surface area contributed by atoms with Crippen LogP contribution in [0.3, 0.4) is 0 Å². The third-order valence-corrected chi connectivity index (χ3v) is 6.69. The summed E-state index contributed by atoms with van der Waals surface area (Å²) in [7, 11) is 7.44. The number of aryl methyl sites for hydroxylation is 1. The number of hydrogen-bond acceptors (Lipinski definition) is 8. The Bertz CT molecular complexity index is 1630. The quantitative estimate of drug-likeness (QED) is 0.165. The van der Waals surface area contributed by atoms with Crippen molar-refractivity contribution >= 4 is 40.4 Å². The van der Waals surface area contributed by atoms with E-state index in [1.807, 2.05) is 32.1 Å². The maximum absolute atomic E-state index is 14.6. The van der Waals surface area contributed by atoms with E-state index in [4.69, 9.17) is 4.74 Å². The zero-order valence-corrected chi connectivity index (χ0v) is 24.8. The molecule has 3 aromatic carbocycles. The van der Waals surface area contributed by atoms with E-state index in [0.29, 0.717) is 46.2 Å². The van der Waals surface area contributed by atoms with Gasteiger partial charge in [0.05, 0.1) is 29.9 Å². The predicted molar refractivity (Wildman–Crippen MR) is 169 cm³/mol. The summed E-state index contributed by atoms with van der Waals surface area (Å²) in [5, 5.41) is 9.08. The number of carbonyl (C=O) groups is 1. The van der Waals surface area contributed by atoms with Crippen LogP contribution in [-0.2, 0) is 4.79 Å². The van der Waals surface area contributed by atoms with Crippen LogP contribution in [0, 0.1) is 18.6 Å². The van der Waals surface area contributed by atoms with E-state index >= 15 is 0 Å². The van der Waals surface area contributed by atoms with Gasteiger partial charge in [-0.2, -0.15) is 4.98 Å². The van der Waals surface area contributed by atoms with Gasteiger partial charge < -0.3 is 30.5 Å². The van der Waals surface area contributed by atoms with Gasteiger partial charge in [-0.15, -0.1) is 0 Å². The standard InChI is InChI=1S/C32H35F2N7O2/c1-7-30(42)36-26-17-27(29(43-6)18-28(26)41(5)15-14-40(3)4)38-32-35-19-22(21-12-13-23(33)20(2)16-21)31(39-32)37-25-11-9-8-10-24(25)34/h7-13,16-19H,1,14-15H2,2-6H3,(H,36,42)(H2,35,37,38,39). The zero-order valence-electron chi connectivity index (χ0n) is 24.8. The molecule has 4 aromatic rings. The molecule has 9 nitrogen and oxygen atoms in total. The van der Waals surface area contributed by atoms with E-state index in [-0.39, 0.29) is 23.4 Å². The number of methoxy groups -OCH3 is 1. The number of nitrogens with one attached hydrogen (secondary N) is 3. The van der Waals surface area contributed by atoms with Crippen molar-refractivity contribution in [3.8, 4) is 16.9 Å². The lowest BCUT2D eigenvalue weighted by Crippen LogP contribution is -2.29. The van der Waals surface area contributed by atoms with Crippen molar-refractivity contribution in [2.24, 2.45) is 0 Å². The summed E-state index contributed by atoms with van der Waals surface area (Å²) in [5.41, 5.74) is 3.60. The fourth-order valence-electron chi connectivity index (χ4n) is 4.28. The Morgan fingerprint density at radius 3 is 2.42 bits per heavy atom. The van der Waals surface area contributed by atoms with Crippen LogP contribution in [0.25, 0.3) is 11.1 Å². The lowest BCUT2D eigenvalue weighted by Gasteiger charge is -2.26. The zero-order chi connectivity index (χ0) is 31.1. The SMILES string of the molecule is C=CC(=O)Nc1cc(Nc2ncc(-c3ccc(F)c(C)c3)c(Nc3ccccc3F)n2)c(OC)cc1N(C)CCN(C)C. The number of para-hydroxylation sites is 1. The maximum atomic E-state index is 14.6. The number of carbonyl (C=O) groups excluding carboxylic acids is 1. The lowest BCUT2D eigenvalue weighted by atomic mass is 10.0. The molecule has 43 heavy (non-hydrogen) atoms. The molecule has 0 aliphatic carbocycles. The van der Waals surface area contributed by atoms with Crippen LogP contribution >= 0.6 is 0 Å². The first-order valence-corrected chi connectivity index (χ1v) is 13.5. The molecular weight excluding hydrogens is 552 g/mol. The number of benzene rings is 3. The molecule has 0 saturated carbocycles. The molecule has 1 amide bonds. The molecule has 0 atom stereocenters. The molecule has 224 valence electrons. The van der Waals surface area contributed by atoms with Gasteiger partial charge in [-0.05, 0) is 68.6 Å². The topological polar surface area (TPSA) is 94.6 Å². The van der Waals surface area contributed by atoms with Crippen LogP contribution in [-0.4, -0.2) is 62.1 Å². The highest BCUT2D eigenvalue weighted by Crippen LogP contribution is 2.39. The normalized spacial score (nSPS) is 10.8. The van der Waals surface area contributed by atoms with Crippen molar-refractivity contribution in [1.82, 2.24) is 14.9 Å². The summed E-state index contributed by atoms with van der Waals surface area (Å²) >= 11 is 0. The van der Waals surface area contributed by atoms with Crippen molar-refractivity contribution < 1.29 is 18.3 Å². The highest BCUT2D eigenvalue weighted by molar-refractivity contribution is 6.02. The van der Waals surface area contributed by atoms with Crippen LogP contribution in [0.15, 0.2) is 73.4 Å². The van der Waals surface area contributed by atoms with Crippen molar-refractivity contribution in [1.29, 1.82) is 0 Å². The number of anilines is 6. The van der Waals surface area contributed by atoms with Gasteiger partial charge in [-0.3, -0.25) is 4.79 Å². The number of halogens is 2. The first kappa shape index (κ1) is 30.9. The summed E-state index contributed by atoms with van der Waals surface area (Å²) in [5.74, 6) is -0.218. The summed E-state index contributed by atoms with van der Waals surface area (Å²) < 4.78 is 34.3. The molecule has 3 N–H and O–H groups in total. The molecule has 0 fully saturated rings. The average molecular weight is 588 g/mol. The minimum absolute atomic E-state index is 0.175. The minimum atomic E-state index is -0.463. The molecule has 0 spiro atoms. The predicted octanol–water partition coefficient (Wildman–Crippen LogP) is 6.35. The molecular formula is C32H35F2N7O2. The van der Waals surface area contributed by atoms with Gasteiger partial charge in [-0.1, -0.05) is 24.8 Å². The van der Waals surface area contributed by atoms with Gasteiger partial charge in [0.2, 0.25) is 11.9 Å². The molecule has 11 heteroatoms. The molecule has 0 aliphatic rings. The maximum Gasteiger partial charge on any atom is 0.247 e. The highest BCUT2D eigenvalue weighted by Gasteiger charge is 2.18. The summed E-state index contributed by atoms with van der Waals surface area (Å²) in [6.07, 6.45) is 2.77. The van der Waals surface area contributed by atoms with E-state index in [1.54, 1.807) is 49.5 Å². The second kappa shape index (κ2) is 13.8. The molecule has 0 aliphatic heterocycles. The fourth-order valence-corrected chi connectivity index (χ4v) is 4.28. The van der Waals surface area contributed by atoms with Crippen LogP contribution < -0.4 is 25.6 Å². The lowest BCUT2D eigenvalue weighted by molar-refractivity contribution is -0.111. The van der Waals surface area contributed by atoms with E-state index in [1.165, 1.54) is 25.3 Å². The largest absolute Gasteiger partial charge is 0.494 e.